The second kappa shape index (κ2) is 7.32. The number of carbonyl (C=O) groups excluding carboxylic acids is 1. The molecule has 0 bridgehead atoms. The average Bonchev–Trinajstić information content (AvgIpc) is 2.47. The summed E-state index contributed by atoms with van der Waals surface area (Å²) in [6.45, 7) is 0. The fourth-order valence-electron chi connectivity index (χ4n) is 1.79. The van der Waals surface area contributed by atoms with E-state index in [1.54, 1.807) is 48.5 Å². The molecule has 0 aromatic heterocycles. The molecule has 5 heteroatoms. The first kappa shape index (κ1) is 16.5. The van der Waals surface area contributed by atoms with Gasteiger partial charge in [0.05, 0.1) is 0 Å². The van der Waals surface area contributed by atoms with Crippen molar-refractivity contribution in [3.05, 3.63) is 71.8 Å². The zero-order valence-electron chi connectivity index (χ0n) is 9.35. The summed E-state index contributed by atoms with van der Waals surface area (Å²) in [7, 11) is 0. The Morgan fingerprint density at radius 2 is 1.26 bits per heavy atom. The molecule has 2 rings (SSSR count). The molecule has 0 aliphatic carbocycles. The number of rotatable bonds is 3. The summed E-state index contributed by atoms with van der Waals surface area (Å²) in [5.74, 6) is -0.719. The van der Waals surface area contributed by atoms with Gasteiger partial charge in [-0.3, -0.25) is 0 Å². The minimum atomic E-state index is -1.43. The molecule has 2 nitrogen and oxygen atoms in total. The van der Waals surface area contributed by atoms with Crippen LogP contribution in [0.1, 0.15) is 11.1 Å². The molecule has 2 aromatic carbocycles. The molecule has 0 spiro atoms. The van der Waals surface area contributed by atoms with Gasteiger partial charge in [0, 0.05) is 0 Å². The molecule has 19 heavy (non-hydrogen) atoms. The van der Waals surface area contributed by atoms with Gasteiger partial charge >= 0.3 is 35.5 Å². The van der Waals surface area contributed by atoms with Crippen LogP contribution in [0.5, 0.6) is 0 Å². The Labute approximate surface area is 144 Å². The number of carbonyl (C=O) groups is 1. The van der Waals surface area contributed by atoms with Gasteiger partial charge in [0.2, 0.25) is 0 Å². The quantitative estimate of drug-likeness (QED) is 0.643. The predicted molar refractivity (Wildman–Crippen MR) is 78.6 cm³/mol. The standard InChI is InChI=1S/C14H10Cl2O2.Na.H/c15-14(13(17)18-16,11-7-3-1-4-8-11)12-9-5-2-6-10-12;;/h1-10H;;. The molecule has 0 fully saturated rings. The molecular weight excluding hydrogens is 294 g/mol. The SMILES string of the molecule is O=C(OCl)C(Cl)(c1ccccc1)c1ccccc1.[NaH]. The fraction of sp³-hybridized carbons (Fsp3) is 0.0714. The number of alkyl halides is 1. The van der Waals surface area contributed by atoms with Gasteiger partial charge in [0.15, 0.2) is 4.87 Å². The van der Waals surface area contributed by atoms with Gasteiger partial charge in [-0.25, -0.2) is 4.79 Å². The third kappa shape index (κ3) is 3.33. The second-order valence-corrected chi connectivity index (χ2v) is 4.48. The van der Waals surface area contributed by atoms with Crippen molar-refractivity contribution in [3.63, 3.8) is 0 Å². The zero-order chi connectivity index (χ0) is 13.0. The summed E-state index contributed by atoms with van der Waals surface area (Å²) in [4.78, 5) is 10.5. The molecule has 94 valence electrons. The van der Waals surface area contributed by atoms with Gasteiger partial charge in [0.25, 0.3) is 0 Å². The monoisotopic (exact) mass is 304 g/mol. The molecule has 0 N–H and O–H groups in total. The van der Waals surface area contributed by atoms with Gasteiger partial charge in [-0.05, 0) is 11.1 Å². The molecule has 0 radical (unpaired) electrons. The van der Waals surface area contributed by atoms with E-state index in [9.17, 15) is 4.79 Å². The van der Waals surface area contributed by atoms with Crippen molar-refractivity contribution in [2.75, 3.05) is 0 Å². The van der Waals surface area contributed by atoms with Gasteiger partial charge in [-0.1, -0.05) is 72.3 Å². The van der Waals surface area contributed by atoms with E-state index in [1.165, 1.54) is 0 Å². The van der Waals surface area contributed by atoms with Crippen LogP contribution in [0.15, 0.2) is 60.7 Å². The normalized spacial score (nSPS) is 10.4. The summed E-state index contributed by atoms with van der Waals surface area (Å²) in [5.41, 5.74) is 1.23. The van der Waals surface area contributed by atoms with E-state index in [0.717, 1.165) is 0 Å². The van der Waals surface area contributed by atoms with Crippen molar-refractivity contribution >= 4 is 59.0 Å². The first-order chi connectivity index (χ1) is 8.69. The molecule has 0 heterocycles. The Morgan fingerprint density at radius 3 is 1.58 bits per heavy atom. The van der Waals surface area contributed by atoms with E-state index >= 15 is 0 Å². The second-order valence-electron chi connectivity index (χ2n) is 3.76. The van der Waals surface area contributed by atoms with Crippen LogP contribution in [0.4, 0.5) is 0 Å². The number of benzene rings is 2. The van der Waals surface area contributed by atoms with Crippen LogP contribution in [0.3, 0.4) is 0 Å². The maximum absolute atomic E-state index is 11.9. The van der Waals surface area contributed by atoms with Crippen LogP contribution in [0.25, 0.3) is 0 Å². The van der Waals surface area contributed by atoms with E-state index in [2.05, 4.69) is 4.29 Å². The Kier molecular flexibility index (Phi) is 6.37. The fourth-order valence-corrected chi connectivity index (χ4v) is 2.24. The van der Waals surface area contributed by atoms with Crippen LogP contribution in [0, 0.1) is 0 Å². The van der Waals surface area contributed by atoms with Crippen molar-refractivity contribution < 1.29 is 9.08 Å². The van der Waals surface area contributed by atoms with Gasteiger partial charge in [-0.15, -0.1) is 0 Å². The first-order valence-corrected chi connectivity index (χ1v) is 6.01. The minimum absolute atomic E-state index is 0. The first-order valence-electron chi connectivity index (χ1n) is 5.32. The molecular formula is C14H11Cl2NaO2. The zero-order valence-corrected chi connectivity index (χ0v) is 10.9. The van der Waals surface area contributed by atoms with Crippen molar-refractivity contribution in [1.29, 1.82) is 0 Å². The molecule has 0 unspecified atom stereocenters. The molecule has 0 amide bonds. The van der Waals surface area contributed by atoms with Crippen molar-refractivity contribution in [2.45, 2.75) is 4.87 Å². The Bertz CT molecular complexity index is 492. The molecule has 0 saturated carbocycles. The molecule has 2 aromatic rings. The molecule has 0 saturated heterocycles. The van der Waals surface area contributed by atoms with E-state index in [4.69, 9.17) is 23.5 Å². The van der Waals surface area contributed by atoms with Crippen molar-refractivity contribution in [1.82, 2.24) is 0 Å². The molecule has 0 aliphatic heterocycles. The van der Waals surface area contributed by atoms with Crippen LogP contribution in [-0.2, 0) is 14.0 Å². The summed E-state index contributed by atoms with van der Waals surface area (Å²) >= 11 is 11.7. The Hall–Kier alpha value is -0.510. The third-order valence-corrected chi connectivity index (χ3v) is 3.43. The van der Waals surface area contributed by atoms with Gasteiger partial charge < -0.3 is 4.29 Å². The van der Waals surface area contributed by atoms with Crippen molar-refractivity contribution in [3.8, 4) is 0 Å². The van der Waals surface area contributed by atoms with Crippen LogP contribution in [-0.4, -0.2) is 35.5 Å². The average molecular weight is 305 g/mol. The number of hydrogen-bond donors (Lipinski definition) is 0. The van der Waals surface area contributed by atoms with Crippen LogP contribution in [0.2, 0.25) is 0 Å². The topological polar surface area (TPSA) is 26.3 Å². The molecule has 0 atom stereocenters. The Morgan fingerprint density at radius 1 is 0.895 bits per heavy atom. The summed E-state index contributed by atoms with van der Waals surface area (Å²) in [6, 6.07) is 17.9. The third-order valence-electron chi connectivity index (χ3n) is 2.69. The summed E-state index contributed by atoms with van der Waals surface area (Å²) in [5, 5.41) is 0. The molecule has 0 aliphatic rings. The van der Waals surface area contributed by atoms with Crippen LogP contribution < -0.4 is 0 Å². The van der Waals surface area contributed by atoms with E-state index in [0.29, 0.717) is 11.1 Å². The maximum atomic E-state index is 11.9. The summed E-state index contributed by atoms with van der Waals surface area (Å²) in [6.07, 6.45) is 0. The van der Waals surface area contributed by atoms with Crippen molar-refractivity contribution in [2.24, 2.45) is 0 Å². The van der Waals surface area contributed by atoms with Gasteiger partial charge in [0.1, 0.15) is 11.9 Å². The predicted octanol–water partition coefficient (Wildman–Crippen LogP) is 3.22. The van der Waals surface area contributed by atoms with E-state index < -0.39 is 10.8 Å². The van der Waals surface area contributed by atoms with Crippen LogP contribution >= 0.6 is 23.5 Å². The number of halogens is 2. The number of hydrogen-bond acceptors (Lipinski definition) is 2. The Balaban J connectivity index is 0.00000180. The van der Waals surface area contributed by atoms with E-state index in [1.807, 2.05) is 12.1 Å². The van der Waals surface area contributed by atoms with E-state index in [-0.39, 0.29) is 29.6 Å². The summed E-state index contributed by atoms with van der Waals surface area (Å²) < 4.78 is 4.33. The van der Waals surface area contributed by atoms with Gasteiger partial charge in [-0.2, -0.15) is 0 Å².